The molecule has 1 aromatic heterocycles. The Morgan fingerprint density at radius 3 is 2.56 bits per heavy atom. The summed E-state index contributed by atoms with van der Waals surface area (Å²) in [4.78, 5) is 6.42. The summed E-state index contributed by atoms with van der Waals surface area (Å²) in [5.74, 6) is 1.30. The predicted molar refractivity (Wildman–Crippen MR) is 72.7 cm³/mol. The minimum atomic E-state index is 0.491. The second-order valence-electron chi connectivity index (χ2n) is 4.04. The molecule has 0 unspecified atom stereocenters. The van der Waals surface area contributed by atoms with E-state index < -0.39 is 0 Å². The van der Waals surface area contributed by atoms with Crippen LogP contribution in [-0.4, -0.2) is 40.8 Å². The number of ether oxygens (including phenoxy) is 1. The van der Waals surface area contributed by atoms with Crippen molar-refractivity contribution in [3.05, 3.63) is 11.3 Å². The number of aromatic nitrogens is 2. The van der Waals surface area contributed by atoms with Gasteiger partial charge in [0.2, 0.25) is 5.88 Å². The van der Waals surface area contributed by atoms with Crippen LogP contribution in [0.5, 0.6) is 5.88 Å². The van der Waals surface area contributed by atoms with Gasteiger partial charge in [-0.25, -0.2) is 9.67 Å². The average Bonchev–Trinajstić information content (AvgIpc) is 2.62. The van der Waals surface area contributed by atoms with E-state index in [0.29, 0.717) is 12.5 Å². The van der Waals surface area contributed by atoms with Crippen molar-refractivity contribution < 1.29 is 4.74 Å². The summed E-state index contributed by atoms with van der Waals surface area (Å²) in [5, 5.41) is 4.31. The van der Waals surface area contributed by atoms with Crippen LogP contribution in [-0.2, 0) is 13.6 Å². The van der Waals surface area contributed by atoms with Gasteiger partial charge in [0.05, 0.1) is 24.9 Å². The lowest BCUT2D eigenvalue weighted by atomic mass is 10.2. The number of aryl methyl sites for hydroxylation is 2. The van der Waals surface area contributed by atoms with E-state index in [0.717, 1.165) is 30.2 Å². The van der Waals surface area contributed by atoms with Crippen LogP contribution in [0.1, 0.15) is 25.1 Å². The van der Waals surface area contributed by atoms with Crippen molar-refractivity contribution in [3.63, 3.8) is 0 Å². The van der Waals surface area contributed by atoms with E-state index in [-0.39, 0.29) is 0 Å². The molecule has 0 fully saturated rings. The first-order chi connectivity index (χ1) is 8.54. The van der Waals surface area contributed by atoms with Crippen molar-refractivity contribution in [2.45, 2.75) is 27.3 Å². The van der Waals surface area contributed by atoms with Gasteiger partial charge < -0.3 is 15.4 Å². The minimum Gasteiger partial charge on any atom is -0.481 e. The number of hydrogen-bond acceptors (Lipinski definition) is 3. The zero-order valence-electron chi connectivity index (χ0n) is 11.9. The maximum absolute atomic E-state index is 5.94. The lowest BCUT2D eigenvalue weighted by molar-refractivity contribution is 0.369. The maximum Gasteiger partial charge on any atom is 0.216 e. The predicted octanol–water partition coefficient (Wildman–Crippen LogP) is 0.894. The van der Waals surface area contributed by atoms with Gasteiger partial charge in [-0.3, -0.25) is 0 Å². The first kappa shape index (κ1) is 14.3. The van der Waals surface area contributed by atoms with Crippen molar-refractivity contribution in [2.24, 2.45) is 17.8 Å². The fourth-order valence-corrected chi connectivity index (χ4v) is 1.93. The van der Waals surface area contributed by atoms with E-state index >= 15 is 0 Å². The summed E-state index contributed by atoms with van der Waals surface area (Å²) < 4.78 is 7.04. The zero-order chi connectivity index (χ0) is 13.7. The average molecular weight is 253 g/mol. The monoisotopic (exact) mass is 253 g/mol. The van der Waals surface area contributed by atoms with Gasteiger partial charge in [0.15, 0.2) is 5.96 Å². The Morgan fingerprint density at radius 2 is 2.06 bits per heavy atom. The molecule has 0 aliphatic carbocycles. The molecule has 1 heterocycles. The van der Waals surface area contributed by atoms with Crippen molar-refractivity contribution >= 4 is 5.96 Å². The number of nitrogens with zero attached hydrogens (tertiary/aromatic N) is 4. The Bertz CT molecular complexity index is 420. The smallest absolute Gasteiger partial charge is 0.216 e. The van der Waals surface area contributed by atoms with Crippen LogP contribution in [0, 0.1) is 6.92 Å². The van der Waals surface area contributed by atoms with Gasteiger partial charge in [-0.1, -0.05) is 0 Å². The quantitative estimate of drug-likeness (QED) is 0.625. The third-order valence-electron chi connectivity index (χ3n) is 2.97. The van der Waals surface area contributed by atoms with E-state index in [9.17, 15) is 0 Å². The summed E-state index contributed by atoms with van der Waals surface area (Å²) in [7, 11) is 3.49. The normalized spacial score (nSPS) is 11.7. The Morgan fingerprint density at radius 1 is 1.44 bits per heavy atom. The summed E-state index contributed by atoms with van der Waals surface area (Å²) in [6.07, 6.45) is 0. The van der Waals surface area contributed by atoms with Crippen LogP contribution in [0.2, 0.25) is 0 Å². The second kappa shape index (κ2) is 6.28. The summed E-state index contributed by atoms with van der Waals surface area (Å²) in [6, 6.07) is 0. The van der Waals surface area contributed by atoms with Crippen LogP contribution in [0.3, 0.4) is 0 Å². The highest BCUT2D eigenvalue weighted by Crippen LogP contribution is 2.21. The topological polar surface area (TPSA) is 68.7 Å². The molecule has 0 spiro atoms. The van der Waals surface area contributed by atoms with Crippen LogP contribution in [0.25, 0.3) is 0 Å². The fraction of sp³-hybridized carbons (Fsp3) is 0.667. The number of guanidine groups is 1. The second-order valence-corrected chi connectivity index (χ2v) is 4.04. The van der Waals surface area contributed by atoms with Gasteiger partial charge in [0.1, 0.15) is 0 Å². The van der Waals surface area contributed by atoms with Crippen molar-refractivity contribution in [1.82, 2.24) is 14.7 Å². The van der Waals surface area contributed by atoms with E-state index in [2.05, 4.69) is 23.9 Å². The first-order valence-electron chi connectivity index (χ1n) is 6.16. The molecule has 0 saturated carbocycles. The molecule has 0 aliphatic heterocycles. The Labute approximate surface area is 108 Å². The summed E-state index contributed by atoms with van der Waals surface area (Å²) >= 11 is 0. The molecule has 0 aromatic carbocycles. The van der Waals surface area contributed by atoms with Gasteiger partial charge in [0.25, 0.3) is 0 Å². The molecule has 0 atom stereocenters. The largest absolute Gasteiger partial charge is 0.481 e. The summed E-state index contributed by atoms with van der Waals surface area (Å²) in [5.41, 5.74) is 7.85. The Hall–Kier alpha value is -1.72. The van der Waals surface area contributed by atoms with Gasteiger partial charge in [-0.05, 0) is 20.8 Å². The van der Waals surface area contributed by atoms with Gasteiger partial charge in [0, 0.05) is 20.1 Å². The highest BCUT2D eigenvalue weighted by atomic mass is 16.5. The molecule has 18 heavy (non-hydrogen) atoms. The first-order valence-corrected chi connectivity index (χ1v) is 6.16. The van der Waals surface area contributed by atoms with Gasteiger partial charge in [-0.15, -0.1) is 0 Å². The number of rotatable bonds is 5. The van der Waals surface area contributed by atoms with E-state index in [1.165, 1.54) is 0 Å². The summed E-state index contributed by atoms with van der Waals surface area (Å²) in [6.45, 7) is 8.26. The lowest BCUT2D eigenvalue weighted by Crippen LogP contribution is -2.37. The number of hydrogen-bond donors (Lipinski definition) is 1. The zero-order valence-corrected chi connectivity index (χ0v) is 11.9. The molecule has 0 radical (unpaired) electrons. The van der Waals surface area contributed by atoms with Crippen LogP contribution in [0.15, 0.2) is 4.99 Å². The lowest BCUT2D eigenvalue weighted by Gasteiger charge is -2.19. The molecule has 2 N–H and O–H groups in total. The molecule has 1 aromatic rings. The molecule has 0 saturated heterocycles. The highest BCUT2D eigenvalue weighted by molar-refractivity contribution is 5.78. The Kier molecular flexibility index (Phi) is 5.00. The molecule has 0 aliphatic rings. The third-order valence-corrected chi connectivity index (χ3v) is 2.97. The molecule has 102 valence electrons. The van der Waals surface area contributed by atoms with Crippen LogP contribution < -0.4 is 10.5 Å². The maximum atomic E-state index is 5.94. The standard InChI is InChI=1S/C12H23N5O/c1-6-17(7-2)12(13)14-8-10-9(3)15-16(4)11(10)18-5/h6-8H2,1-5H3,(H2,13,14). The number of aliphatic imine (C=N–C) groups is 1. The fourth-order valence-electron chi connectivity index (χ4n) is 1.93. The molecule has 0 amide bonds. The van der Waals surface area contributed by atoms with E-state index in [1.54, 1.807) is 11.8 Å². The SMILES string of the molecule is CCN(CC)C(N)=NCc1c(C)nn(C)c1OC. The highest BCUT2D eigenvalue weighted by Gasteiger charge is 2.13. The van der Waals surface area contributed by atoms with Crippen molar-refractivity contribution in [1.29, 1.82) is 0 Å². The third kappa shape index (κ3) is 2.94. The van der Waals surface area contributed by atoms with Crippen molar-refractivity contribution in [3.8, 4) is 5.88 Å². The molecule has 6 heteroatoms. The van der Waals surface area contributed by atoms with Crippen LogP contribution >= 0.6 is 0 Å². The van der Waals surface area contributed by atoms with E-state index in [4.69, 9.17) is 10.5 Å². The van der Waals surface area contributed by atoms with E-state index in [1.807, 2.05) is 18.9 Å². The van der Waals surface area contributed by atoms with Crippen molar-refractivity contribution in [2.75, 3.05) is 20.2 Å². The van der Waals surface area contributed by atoms with Gasteiger partial charge in [-0.2, -0.15) is 5.10 Å². The number of methoxy groups -OCH3 is 1. The number of nitrogens with two attached hydrogens (primary N) is 1. The molecule has 0 bridgehead atoms. The molecule has 6 nitrogen and oxygen atoms in total. The molecular weight excluding hydrogens is 230 g/mol. The Balaban J connectivity index is 2.88. The molecule has 1 rings (SSSR count). The minimum absolute atomic E-state index is 0.491. The van der Waals surface area contributed by atoms with Crippen LogP contribution in [0.4, 0.5) is 0 Å². The van der Waals surface area contributed by atoms with Gasteiger partial charge >= 0.3 is 0 Å². The molecular formula is C12H23N5O.